The zero-order chi connectivity index (χ0) is 30.6. The molecule has 0 saturated heterocycles. The maximum Gasteiger partial charge on any atom is 0.0616 e. The van der Waals surface area contributed by atoms with Crippen LogP contribution in [0.4, 0.5) is 0 Å². The number of benzene rings is 8. The lowest BCUT2D eigenvalue weighted by molar-refractivity contribution is 0.666. The van der Waals surface area contributed by atoms with Gasteiger partial charge in [0.15, 0.2) is 0 Å². The Balaban J connectivity index is 1.32. The van der Waals surface area contributed by atoms with E-state index in [0.717, 1.165) is 0 Å². The van der Waals surface area contributed by atoms with E-state index in [2.05, 4.69) is 170 Å². The van der Waals surface area contributed by atoms with Crippen LogP contribution in [-0.4, -0.2) is 4.57 Å². The molecule has 1 heterocycles. The summed E-state index contributed by atoms with van der Waals surface area (Å²) in [7, 11) is 0. The Hall–Kier alpha value is -5.66. The van der Waals surface area contributed by atoms with Crippen LogP contribution in [0.5, 0.6) is 0 Å². The molecule has 0 N–H and O–H groups in total. The molecule has 0 radical (unpaired) electrons. The van der Waals surface area contributed by atoms with Gasteiger partial charge >= 0.3 is 0 Å². The standard InChI is InChI=1S/C45H31N/c1-45(2)39-17-7-6-14-37(39)44-42(45)38-16-9-15-36(43(38)46(44)33-24-20-29(21-25-33)28-10-4-3-5-11-28)34-26-22-32-19-18-30-12-8-13-31-23-27-35(34)41(32)40(30)31/h3-27H,1-2H3. The number of hydrogen-bond donors (Lipinski definition) is 0. The van der Waals surface area contributed by atoms with E-state index in [1.165, 1.54) is 93.5 Å². The van der Waals surface area contributed by atoms with E-state index in [9.17, 15) is 0 Å². The topological polar surface area (TPSA) is 4.93 Å². The maximum absolute atomic E-state index is 2.56. The molecule has 0 unspecified atom stereocenters. The molecule has 10 rings (SSSR count). The summed E-state index contributed by atoms with van der Waals surface area (Å²) in [5, 5.41) is 9.23. The molecule has 0 spiro atoms. The maximum atomic E-state index is 2.56. The second-order valence-electron chi connectivity index (χ2n) is 13.3. The lowest BCUT2D eigenvalue weighted by Gasteiger charge is -2.22. The van der Waals surface area contributed by atoms with Crippen LogP contribution >= 0.6 is 0 Å². The minimum atomic E-state index is -0.124. The number of para-hydroxylation sites is 1. The van der Waals surface area contributed by atoms with Gasteiger partial charge in [-0.15, -0.1) is 0 Å². The Morgan fingerprint density at radius 3 is 1.87 bits per heavy atom. The Labute approximate surface area is 268 Å². The van der Waals surface area contributed by atoms with Crippen LogP contribution in [-0.2, 0) is 5.41 Å². The molecule has 0 amide bonds. The SMILES string of the molecule is CC1(C)c2ccccc2-c2c1c1cccc(-c3ccc4ccc5cccc6ccc3c4c56)c1n2-c1ccc(-c2ccccc2)cc1. The van der Waals surface area contributed by atoms with E-state index >= 15 is 0 Å². The van der Waals surface area contributed by atoms with Crippen molar-refractivity contribution in [2.75, 3.05) is 0 Å². The first-order valence-electron chi connectivity index (χ1n) is 16.2. The zero-order valence-electron chi connectivity index (χ0n) is 25.9. The molecule has 0 atom stereocenters. The third-order valence-electron chi connectivity index (χ3n) is 10.5. The van der Waals surface area contributed by atoms with Crippen molar-refractivity contribution in [3.05, 3.63) is 163 Å². The fourth-order valence-electron chi connectivity index (χ4n) is 8.47. The molecular formula is C45H31N. The first-order chi connectivity index (χ1) is 22.6. The van der Waals surface area contributed by atoms with Crippen molar-refractivity contribution in [3.8, 4) is 39.2 Å². The highest BCUT2D eigenvalue weighted by Crippen LogP contribution is 2.55. The third kappa shape index (κ3) is 3.35. The van der Waals surface area contributed by atoms with Crippen molar-refractivity contribution in [3.63, 3.8) is 0 Å². The highest BCUT2D eigenvalue weighted by Gasteiger charge is 2.41. The summed E-state index contributed by atoms with van der Waals surface area (Å²) >= 11 is 0. The second kappa shape index (κ2) is 9.19. The molecule has 8 aromatic carbocycles. The van der Waals surface area contributed by atoms with Crippen LogP contribution in [0.1, 0.15) is 25.0 Å². The zero-order valence-corrected chi connectivity index (χ0v) is 25.9. The average molecular weight is 586 g/mol. The van der Waals surface area contributed by atoms with Gasteiger partial charge in [0.2, 0.25) is 0 Å². The molecule has 0 aliphatic heterocycles. The summed E-state index contributed by atoms with van der Waals surface area (Å²) in [5.41, 5.74) is 12.8. The van der Waals surface area contributed by atoms with Crippen LogP contribution in [0.25, 0.3) is 82.4 Å². The fraction of sp³-hybridized carbons (Fsp3) is 0.0667. The van der Waals surface area contributed by atoms with Crippen molar-refractivity contribution >= 4 is 43.2 Å². The molecule has 1 aliphatic rings. The van der Waals surface area contributed by atoms with Crippen molar-refractivity contribution < 1.29 is 0 Å². The van der Waals surface area contributed by atoms with E-state index in [0.29, 0.717) is 0 Å². The van der Waals surface area contributed by atoms with Crippen LogP contribution in [0, 0.1) is 0 Å². The first-order valence-corrected chi connectivity index (χ1v) is 16.2. The molecule has 0 fully saturated rings. The highest BCUT2D eigenvalue weighted by molar-refractivity contribution is 6.26. The molecule has 46 heavy (non-hydrogen) atoms. The smallest absolute Gasteiger partial charge is 0.0616 e. The third-order valence-corrected chi connectivity index (χ3v) is 10.5. The van der Waals surface area contributed by atoms with Crippen molar-refractivity contribution in [2.24, 2.45) is 0 Å². The molecule has 0 bridgehead atoms. The van der Waals surface area contributed by atoms with E-state index < -0.39 is 0 Å². The molecule has 1 aliphatic carbocycles. The Bertz CT molecular complexity index is 2620. The number of hydrogen-bond acceptors (Lipinski definition) is 0. The predicted molar refractivity (Wildman–Crippen MR) is 195 cm³/mol. The summed E-state index contributed by atoms with van der Waals surface area (Å²) in [5.74, 6) is 0. The predicted octanol–water partition coefficient (Wildman–Crippen LogP) is 12.2. The molecule has 216 valence electrons. The van der Waals surface area contributed by atoms with Gasteiger partial charge in [0.1, 0.15) is 0 Å². The summed E-state index contributed by atoms with van der Waals surface area (Å²) in [6.07, 6.45) is 0. The van der Waals surface area contributed by atoms with Crippen molar-refractivity contribution in [1.82, 2.24) is 4.57 Å². The summed E-state index contributed by atoms with van der Waals surface area (Å²) in [6.45, 7) is 4.78. The Morgan fingerprint density at radius 1 is 0.435 bits per heavy atom. The van der Waals surface area contributed by atoms with Gasteiger partial charge in [-0.05, 0) is 72.3 Å². The summed E-state index contributed by atoms with van der Waals surface area (Å²) < 4.78 is 2.56. The molecule has 1 aromatic heterocycles. The minimum absolute atomic E-state index is 0.124. The summed E-state index contributed by atoms with van der Waals surface area (Å²) in [4.78, 5) is 0. The Kier molecular flexibility index (Phi) is 5.12. The number of nitrogens with zero attached hydrogens (tertiary/aromatic N) is 1. The average Bonchev–Trinajstić information content (AvgIpc) is 3.58. The van der Waals surface area contributed by atoms with E-state index in [4.69, 9.17) is 0 Å². The van der Waals surface area contributed by atoms with Gasteiger partial charge in [-0.3, -0.25) is 0 Å². The van der Waals surface area contributed by atoms with Gasteiger partial charge in [0.05, 0.1) is 11.2 Å². The second-order valence-corrected chi connectivity index (χ2v) is 13.3. The van der Waals surface area contributed by atoms with Gasteiger partial charge in [0, 0.05) is 27.6 Å². The number of fused-ring (bicyclic) bond motifs is 5. The molecule has 0 saturated carbocycles. The normalized spacial score (nSPS) is 13.6. The van der Waals surface area contributed by atoms with Gasteiger partial charge in [-0.25, -0.2) is 0 Å². The molecular weight excluding hydrogens is 555 g/mol. The first kappa shape index (κ1) is 25.6. The van der Waals surface area contributed by atoms with Crippen LogP contribution in [0.2, 0.25) is 0 Å². The van der Waals surface area contributed by atoms with E-state index in [1.807, 2.05) is 0 Å². The molecule has 1 nitrogen and oxygen atoms in total. The number of rotatable bonds is 3. The van der Waals surface area contributed by atoms with Crippen LogP contribution < -0.4 is 0 Å². The largest absolute Gasteiger partial charge is 0.308 e. The minimum Gasteiger partial charge on any atom is -0.308 e. The lowest BCUT2D eigenvalue weighted by atomic mass is 9.81. The number of aromatic nitrogens is 1. The molecule has 9 aromatic rings. The highest BCUT2D eigenvalue weighted by atomic mass is 15.0. The van der Waals surface area contributed by atoms with Gasteiger partial charge in [-0.2, -0.15) is 0 Å². The van der Waals surface area contributed by atoms with Gasteiger partial charge < -0.3 is 4.57 Å². The lowest BCUT2D eigenvalue weighted by Crippen LogP contribution is -2.14. The summed E-state index contributed by atoms with van der Waals surface area (Å²) in [6, 6.07) is 56.2. The van der Waals surface area contributed by atoms with Crippen molar-refractivity contribution in [1.29, 1.82) is 0 Å². The van der Waals surface area contributed by atoms with E-state index in [-0.39, 0.29) is 5.41 Å². The Morgan fingerprint density at radius 2 is 1.07 bits per heavy atom. The quantitative estimate of drug-likeness (QED) is 0.182. The molecule has 1 heteroatoms. The van der Waals surface area contributed by atoms with Gasteiger partial charge in [0.25, 0.3) is 0 Å². The van der Waals surface area contributed by atoms with Crippen molar-refractivity contribution in [2.45, 2.75) is 19.3 Å². The van der Waals surface area contributed by atoms with E-state index in [1.54, 1.807) is 0 Å². The van der Waals surface area contributed by atoms with Gasteiger partial charge in [-0.1, -0.05) is 153 Å². The fourth-order valence-corrected chi connectivity index (χ4v) is 8.47. The monoisotopic (exact) mass is 585 g/mol. The van der Waals surface area contributed by atoms with Crippen LogP contribution in [0.3, 0.4) is 0 Å². The van der Waals surface area contributed by atoms with Crippen LogP contribution in [0.15, 0.2) is 152 Å².